The summed E-state index contributed by atoms with van der Waals surface area (Å²) in [5.41, 5.74) is 0. The van der Waals surface area contributed by atoms with Crippen LogP contribution in [0.3, 0.4) is 0 Å². The molecule has 0 spiro atoms. The summed E-state index contributed by atoms with van der Waals surface area (Å²) in [5, 5.41) is 10.8. The van der Waals surface area contributed by atoms with E-state index in [2.05, 4.69) is 5.32 Å². The van der Waals surface area contributed by atoms with Gasteiger partial charge < -0.3 is 10.4 Å². The Morgan fingerprint density at radius 1 is 1.20 bits per heavy atom. The fraction of sp³-hybridized carbons (Fsp3) is 0.889. The van der Waals surface area contributed by atoms with Gasteiger partial charge in [-0.05, 0) is 19.3 Å². The van der Waals surface area contributed by atoms with Gasteiger partial charge in [-0.25, -0.2) is 0 Å². The maximum atomic E-state index is 11.7. The molecule has 2 N–H and O–H groups in total. The van der Waals surface area contributed by atoms with E-state index >= 15 is 0 Å². The lowest BCUT2D eigenvalue weighted by molar-refractivity contribution is -0.144. The third-order valence-electron chi connectivity index (χ3n) is 1.79. The standard InChI is InChI=1S/C9H16F3NO2/c10-9(11,12)5-4-8(15)13-6-2-1-3-7-14/h14H,1-7H2,(H,13,15). The van der Waals surface area contributed by atoms with Crippen LogP contribution in [0.25, 0.3) is 0 Å². The Hall–Kier alpha value is -0.780. The number of carbonyl (C=O) groups excluding carboxylic acids is 1. The van der Waals surface area contributed by atoms with E-state index in [1.807, 2.05) is 0 Å². The molecule has 0 rings (SSSR count). The molecule has 0 bridgehead atoms. The molecule has 0 aliphatic rings. The predicted molar refractivity (Wildman–Crippen MR) is 49.2 cm³/mol. The first-order valence-corrected chi connectivity index (χ1v) is 4.90. The van der Waals surface area contributed by atoms with E-state index in [0.29, 0.717) is 19.4 Å². The lowest BCUT2D eigenvalue weighted by Gasteiger charge is -2.06. The van der Waals surface area contributed by atoms with Gasteiger partial charge in [-0.1, -0.05) is 0 Å². The molecule has 15 heavy (non-hydrogen) atoms. The molecule has 0 saturated heterocycles. The Morgan fingerprint density at radius 3 is 2.40 bits per heavy atom. The molecule has 0 atom stereocenters. The number of alkyl halides is 3. The first-order chi connectivity index (χ1) is 6.95. The molecule has 0 aliphatic heterocycles. The van der Waals surface area contributed by atoms with Crippen molar-refractivity contribution in [2.24, 2.45) is 0 Å². The van der Waals surface area contributed by atoms with Gasteiger partial charge >= 0.3 is 6.18 Å². The third-order valence-corrected chi connectivity index (χ3v) is 1.79. The summed E-state index contributed by atoms with van der Waals surface area (Å²) < 4.78 is 35.1. The number of unbranched alkanes of at least 4 members (excludes halogenated alkanes) is 2. The number of aliphatic hydroxyl groups excluding tert-OH is 1. The minimum atomic E-state index is -4.27. The van der Waals surface area contributed by atoms with Crippen LogP contribution in [-0.2, 0) is 4.79 Å². The Balaban J connectivity index is 3.34. The second-order valence-corrected chi connectivity index (χ2v) is 3.25. The molecular weight excluding hydrogens is 211 g/mol. The molecule has 0 radical (unpaired) electrons. The molecule has 0 unspecified atom stereocenters. The molecule has 0 saturated carbocycles. The van der Waals surface area contributed by atoms with Gasteiger partial charge in [-0.3, -0.25) is 4.79 Å². The molecular formula is C9H16F3NO2. The van der Waals surface area contributed by atoms with E-state index in [9.17, 15) is 18.0 Å². The van der Waals surface area contributed by atoms with Gasteiger partial charge in [-0.2, -0.15) is 13.2 Å². The average Bonchev–Trinajstić information content (AvgIpc) is 2.13. The number of hydrogen-bond donors (Lipinski definition) is 2. The molecule has 0 fully saturated rings. The summed E-state index contributed by atoms with van der Waals surface area (Å²) >= 11 is 0. The smallest absolute Gasteiger partial charge is 0.389 e. The Morgan fingerprint density at radius 2 is 1.87 bits per heavy atom. The van der Waals surface area contributed by atoms with Crippen LogP contribution in [0.1, 0.15) is 32.1 Å². The van der Waals surface area contributed by atoms with Crippen LogP contribution >= 0.6 is 0 Å². The lowest BCUT2D eigenvalue weighted by Crippen LogP contribution is -2.25. The number of nitrogens with one attached hydrogen (secondary N) is 1. The monoisotopic (exact) mass is 227 g/mol. The third kappa shape index (κ3) is 11.1. The van der Waals surface area contributed by atoms with Crippen LogP contribution in [0.2, 0.25) is 0 Å². The van der Waals surface area contributed by atoms with E-state index in [0.717, 1.165) is 6.42 Å². The topological polar surface area (TPSA) is 49.3 Å². The largest absolute Gasteiger partial charge is 0.396 e. The van der Waals surface area contributed by atoms with Gasteiger partial charge in [0, 0.05) is 19.6 Å². The number of carbonyl (C=O) groups is 1. The zero-order chi connectivity index (χ0) is 11.7. The van der Waals surface area contributed by atoms with Crippen LogP contribution in [0, 0.1) is 0 Å². The highest BCUT2D eigenvalue weighted by molar-refractivity contribution is 5.75. The van der Waals surface area contributed by atoms with Gasteiger partial charge in [0.25, 0.3) is 0 Å². The van der Waals surface area contributed by atoms with Gasteiger partial charge in [0.05, 0.1) is 6.42 Å². The predicted octanol–water partition coefficient (Wildman–Crippen LogP) is 1.61. The highest BCUT2D eigenvalue weighted by Gasteiger charge is 2.27. The number of amides is 1. The SMILES string of the molecule is O=C(CCC(F)(F)F)NCCCCCO. The van der Waals surface area contributed by atoms with Crippen molar-refractivity contribution in [1.29, 1.82) is 0 Å². The van der Waals surface area contributed by atoms with E-state index in [4.69, 9.17) is 5.11 Å². The molecule has 0 aliphatic carbocycles. The summed E-state index contributed by atoms with van der Waals surface area (Å²) in [7, 11) is 0. The number of halogens is 3. The fourth-order valence-corrected chi connectivity index (χ4v) is 0.985. The molecule has 90 valence electrons. The lowest BCUT2D eigenvalue weighted by atomic mass is 10.2. The van der Waals surface area contributed by atoms with Gasteiger partial charge in [0.2, 0.25) is 5.91 Å². The number of rotatable bonds is 7. The molecule has 0 aromatic heterocycles. The van der Waals surface area contributed by atoms with Crippen LogP contribution < -0.4 is 5.32 Å². The van der Waals surface area contributed by atoms with Gasteiger partial charge in [0.15, 0.2) is 0 Å². The molecule has 0 aromatic carbocycles. The molecule has 1 amide bonds. The van der Waals surface area contributed by atoms with Crippen LogP contribution in [-0.4, -0.2) is 30.3 Å². The zero-order valence-electron chi connectivity index (χ0n) is 8.44. The Bertz CT molecular complexity index is 183. The second-order valence-electron chi connectivity index (χ2n) is 3.25. The van der Waals surface area contributed by atoms with E-state index in [1.165, 1.54) is 0 Å². The van der Waals surface area contributed by atoms with Crippen molar-refractivity contribution in [2.45, 2.75) is 38.3 Å². The summed E-state index contributed by atoms with van der Waals surface area (Å²) in [5.74, 6) is -0.573. The maximum Gasteiger partial charge on any atom is 0.389 e. The van der Waals surface area contributed by atoms with Crippen molar-refractivity contribution >= 4 is 5.91 Å². The van der Waals surface area contributed by atoms with Crippen molar-refractivity contribution in [3.63, 3.8) is 0 Å². The first-order valence-electron chi connectivity index (χ1n) is 4.90. The highest BCUT2D eigenvalue weighted by atomic mass is 19.4. The molecule has 0 heterocycles. The highest BCUT2D eigenvalue weighted by Crippen LogP contribution is 2.20. The minimum absolute atomic E-state index is 0.0992. The molecule has 6 heteroatoms. The number of aliphatic hydroxyl groups is 1. The summed E-state index contributed by atoms with van der Waals surface area (Å²) in [6.45, 7) is 0.471. The summed E-state index contributed by atoms with van der Waals surface area (Å²) in [6.07, 6.45) is -3.76. The van der Waals surface area contributed by atoms with Crippen LogP contribution in [0.4, 0.5) is 13.2 Å². The second kappa shape index (κ2) is 7.50. The van der Waals surface area contributed by atoms with E-state index in [1.54, 1.807) is 0 Å². The minimum Gasteiger partial charge on any atom is -0.396 e. The molecule has 3 nitrogen and oxygen atoms in total. The van der Waals surface area contributed by atoms with E-state index in [-0.39, 0.29) is 6.61 Å². The zero-order valence-corrected chi connectivity index (χ0v) is 8.44. The summed E-state index contributed by atoms with van der Waals surface area (Å²) in [6, 6.07) is 0. The average molecular weight is 227 g/mol. The molecule has 0 aromatic rings. The van der Waals surface area contributed by atoms with Crippen molar-refractivity contribution in [3.8, 4) is 0 Å². The fourth-order valence-electron chi connectivity index (χ4n) is 0.985. The normalized spacial score (nSPS) is 11.5. The van der Waals surface area contributed by atoms with Gasteiger partial charge in [0.1, 0.15) is 0 Å². The van der Waals surface area contributed by atoms with Gasteiger partial charge in [-0.15, -0.1) is 0 Å². The van der Waals surface area contributed by atoms with E-state index < -0.39 is 24.9 Å². The van der Waals surface area contributed by atoms with Crippen molar-refractivity contribution in [1.82, 2.24) is 5.32 Å². The van der Waals surface area contributed by atoms with Crippen molar-refractivity contribution in [2.75, 3.05) is 13.2 Å². The van der Waals surface area contributed by atoms with Crippen molar-refractivity contribution < 1.29 is 23.1 Å². The quantitative estimate of drug-likeness (QED) is 0.649. The van der Waals surface area contributed by atoms with Crippen molar-refractivity contribution in [3.05, 3.63) is 0 Å². The Labute approximate surface area is 86.7 Å². The summed E-state index contributed by atoms with van der Waals surface area (Å²) in [4.78, 5) is 10.9. The van der Waals surface area contributed by atoms with Crippen LogP contribution in [0.5, 0.6) is 0 Å². The first kappa shape index (κ1) is 14.2. The van der Waals surface area contributed by atoms with Crippen LogP contribution in [0.15, 0.2) is 0 Å². The number of hydrogen-bond acceptors (Lipinski definition) is 2. The maximum absolute atomic E-state index is 11.7. The Kier molecular flexibility index (Phi) is 7.11.